The minimum absolute atomic E-state index is 0. The van der Waals surface area contributed by atoms with E-state index in [1.807, 2.05) is 0 Å². The summed E-state index contributed by atoms with van der Waals surface area (Å²) in [7, 11) is -3.67. The Balaban J connectivity index is 0.00000261. The summed E-state index contributed by atoms with van der Waals surface area (Å²) in [5.74, 6) is -1.36. The second kappa shape index (κ2) is 8.74. The van der Waals surface area contributed by atoms with E-state index in [1.54, 1.807) is 6.07 Å². The Morgan fingerprint density at radius 3 is 2.41 bits per heavy atom. The van der Waals surface area contributed by atoms with E-state index in [0.717, 1.165) is 0 Å². The van der Waals surface area contributed by atoms with Gasteiger partial charge in [-0.25, -0.2) is 8.42 Å². The number of sulfone groups is 1. The van der Waals surface area contributed by atoms with Crippen molar-refractivity contribution in [3.63, 3.8) is 0 Å². The molecule has 5 nitrogen and oxygen atoms in total. The fourth-order valence-electron chi connectivity index (χ4n) is 2.59. The molecule has 0 aromatic heterocycles. The number of aliphatic hydroxyl groups excluding tert-OH is 1. The van der Waals surface area contributed by atoms with Crippen LogP contribution in [0.4, 0.5) is 5.69 Å². The number of anilines is 1. The van der Waals surface area contributed by atoms with Gasteiger partial charge >= 0.3 is 29.6 Å². The fourth-order valence-corrected chi connectivity index (χ4v) is 4.51. The molecule has 2 aromatic carbocycles. The Morgan fingerprint density at radius 1 is 1.04 bits per heavy atom. The van der Waals surface area contributed by atoms with Gasteiger partial charge in [0.15, 0.2) is 21.5 Å². The van der Waals surface area contributed by atoms with Gasteiger partial charge in [-0.3, -0.25) is 4.79 Å². The molecular formula is C17H13Cl3NNaO4S. The van der Waals surface area contributed by atoms with E-state index in [1.165, 1.54) is 30.3 Å². The Bertz CT molecular complexity index is 1050. The summed E-state index contributed by atoms with van der Waals surface area (Å²) in [5, 5.41) is 13.9. The first-order valence-electron chi connectivity index (χ1n) is 7.40. The summed E-state index contributed by atoms with van der Waals surface area (Å²) >= 11 is 17.7. The number of allylic oxidation sites excluding steroid dienone is 1. The van der Waals surface area contributed by atoms with Crippen LogP contribution in [0.1, 0.15) is 16.8 Å². The molecule has 0 spiro atoms. The number of hydrogen-bond donors (Lipinski definition) is 2. The predicted octanol–water partition coefficient (Wildman–Crippen LogP) is 4.24. The molecule has 0 aliphatic carbocycles. The van der Waals surface area contributed by atoms with Crippen LogP contribution < -0.4 is 5.32 Å². The number of ketones is 1. The van der Waals surface area contributed by atoms with Crippen LogP contribution >= 0.6 is 34.8 Å². The number of fused-ring (bicyclic) bond motifs is 1. The summed E-state index contributed by atoms with van der Waals surface area (Å²) in [4.78, 5) is 12.7. The first kappa shape index (κ1) is 22.6. The van der Waals surface area contributed by atoms with E-state index in [2.05, 4.69) is 5.32 Å². The van der Waals surface area contributed by atoms with Crippen LogP contribution in [-0.2, 0) is 9.84 Å². The minimum atomic E-state index is -3.67. The zero-order valence-electron chi connectivity index (χ0n) is 13.1. The number of hydrogen-bond acceptors (Lipinski definition) is 5. The quantitative estimate of drug-likeness (QED) is 0.401. The summed E-state index contributed by atoms with van der Waals surface area (Å²) in [6, 6.07) is 8.56. The normalized spacial score (nSPS) is 17.4. The monoisotopic (exact) mass is 455 g/mol. The maximum absolute atomic E-state index is 12.8. The number of nitrogens with one attached hydrogen (secondary N) is 1. The topological polar surface area (TPSA) is 83.5 Å². The summed E-state index contributed by atoms with van der Waals surface area (Å²) in [6.45, 7) is 0. The Hall–Kier alpha value is -0.730. The molecule has 0 amide bonds. The molecular weight excluding hydrogens is 444 g/mol. The molecule has 0 fully saturated rings. The van der Waals surface area contributed by atoms with Crippen LogP contribution in [0.3, 0.4) is 0 Å². The van der Waals surface area contributed by atoms with Crippen molar-refractivity contribution in [1.29, 1.82) is 0 Å². The maximum atomic E-state index is 12.8. The van der Waals surface area contributed by atoms with Crippen molar-refractivity contribution < 1.29 is 18.3 Å². The summed E-state index contributed by atoms with van der Waals surface area (Å²) < 4.78 is 24.8. The van der Waals surface area contributed by atoms with Crippen molar-refractivity contribution in [1.82, 2.24) is 0 Å². The molecule has 3 rings (SSSR count). The van der Waals surface area contributed by atoms with Gasteiger partial charge in [0.2, 0.25) is 0 Å². The second-order valence-corrected chi connectivity index (χ2v) is 8.95. The molecule has 0 unspecified atom stereocenters. The van der Waals surface area contributed by atoms with Gasteiger partial charge in [0.05, 0.1) is 26.3 Å². The van der Waals surface area contributed by atoms with Crippen molar-refractivity contribution in [2.75, 3.05) is 11.1 Å². The van der Waals surface area contributed by atoms with Gasteiger partial charge in [-0.15, -0.1) is 0 Å². The third-order valence-electron chi connectivity index (χ3n) is 3.88. The molecule has 0 saturated carbocycles. The average molecular weight is 457 g/mol. The zero-order valence-corrected chi connectivity index (χ0v) is 16.2. The van der Waals surface area contributed by atoms with Crippen molar-refractivity contribution in [3.05, 3.63) is 68.5 Å². The molecule has 0 bridgehead atoms. The van der Waals surface area contributed by atoms with Crippen LogP contribution in [0.5, 0.6) is 0 Å². The molecule has 27 heavy (non-hydrogen) atoms. The average Bonchev–Trinajstić information content (AvgIpc) is 2.66. The number of Topliss-reactive ketones (excluding diaryl/α,β-unsaturated/α-hetero) is 1. The molecule has 0 atom stereocenters. The molecule has 2 N–H and O–H groups in total. The number of carbonyl (C=O) groups is 1. The number of halogens is 3. The van der Waals surface area contributed by atoms with Crippen LogP contribution in [0, 0.1) is 0 Å². The number of benzene rings is 2. The van der Waals surface area contributed by atoms with Gasteiger partial charge in [0, 0.05) is 16.3 Å². The third kappa shape index (κ3) is 4.82. The number of carbonyl (C=O) groups excluding carboxylic acids is 1. The molecule has 138 valence electrons. The standard InChI is InChI=1S/C17H12Cl3NO4S.Na.H/c18-9-1-4-15-12(7-9)16(22)11(5-6-26(15,24)25)17(23)21-10-2-3-13(19)14(20)8-10;;/h1-4,7-8,21,23H,5-6H2;;/b17-11+;;. The second-order valence-electron chi connectivity index (χ2n) is 5.62. The zero-order chi connectivity index (χ0) is 19.1. The predicted molar refractivity (Wildman–Crippen MR) is 109 cm³/mol. The Labute approximate surface area is 193 Å². The molecule has 0 saturated heterocycles. The van der Waals surface area contributed by atoms with Crippen molar-refractivity contribution in [2.24, 2.45) is 0 Å². The summed E-state index contributed by atoms with van der Waals surface area (Å²) in [6.07, 6.45) is -0.145. The fraction of sp³-hybridized carbons (Fsp3) is 0.118. The van der Waals surface area contributed by atoms with Gasteiger partial charge in [0.25, 0.3) is 0 Å². The molecule has 2 aromatic rings. The molecule has 1 heterocycles. The molecule has 10 heteroatoms. The summed E-state index contributed by atoms with van der Waals surface area (Å²) in [5.41, 5.74) is 0.281. The third-order valence-corrected chi connectivity index (χ3v) is 6.63. The van der Waals surface area contributed by atoms with E-state index < -0.39 is 21.5 Å². The van der Waals surface area contributed by atoms with E-state index in [9.17, 15) is 18.3 Å². The van der Waals surface area contributed by atoms with E-state index >= 15 is 0 Å². The molecule has 1 aliphatic rings. The van der Waals surface area contributed by atoms with Crippen LogP contribution in [0.2, 0.25) is 15.1 Å². The molecule has 0 radical (unpaired) electrons. The van der Waals surface area contributed by atoms with Gasteiger partial charge in [-0.1, -0.05) is 34.8 Å². The van der Waals surface area contributed by atoms with Crippen LogP contribution in [0.25, 0.3) is 0 Å². The van der Waals surface area contributed by atoms with E-state index in [4.69, 9.17) is 34.8 Å². The first-order chi connectivity index (χ1) is 12.2. The van der Waals surface area contributed by atoms with Crippen molar-refractivity contribution >= 4 is 85.7 Å². The Morgan fingerprint density at radius 2 is 1.74 bits per heavy atom. The molecule has 1 aliphatic heterocycles. The Kier molecular flexibility index (Phi) is 7.30. The van der Waals surface area contributed by atoms with E-state index in [-0.39, 0.29) is 67.8 Å². The van der Waals surface area contributed by atoms with Crippen LogP contribution in [-0.4, -0.2) is 54.6 Å². The van der Waals surface area contributed by atoms with Gasteiger partial charge in [-0.05, 0) is 42.8 Å². The number of aliphatic hydroxyl groups is 1. The number of rotatable bonds is 2. The van der Waals surface area contributed by atoms with Crippen LogP contribution in [0.15, 0.2) is 52.7 Å². The van der Waals surface area contributed by atoms with Crippen molar-refractivity contribution in [2.45, 2.75) is 11.3 Å². The van der Waals surface area contributed by atoms with Gasteiger partial charge < -0.3 is 10.4 Å². The van der Waals surface area contributed by atoms with E-state index in [0.29, 0.717) is 10.7 Å². The SMILES string of the molecule is O=C1/C(=C(/O)Nc2ccc(Cl)c(Cl)c2)CCS(=O)(=O)c2ccc(Cl)cc21.[NaH]. The van der Waals surface area contributed by atoms with Gasteiger partial charge in [-0.2, -0.15) is 0 Å². The first-order valence-corrected chi connectivity index (χ1v) is 10.2. The van der Waals surface area contributed by atoms with Gasteiger partial charge in [0.1, 0.15) is 0 Å². The van der Waals surface area contributed by atoms with Crippen molar-refractivity contribution in [3.8, 4) is 0 Å².